The Kier molecular flexibility index (Phi) is 4.11. The first-order valence-electron chi connectivity index (χ1n) is 6.75. The Morgan fingerprint density at radius 1 is 1.13 bits per heavy atom. The van der Waals surface area contributed by atoms with E-state index >= 15 is 0 Å². The Balaban J connectivity index is 2.03. The van der Waals surface area contributed by atoms with Crippen LogP contribution < -0.4 is 10.9 Å². The molecule has 6 heteroatoms. The fourth-order valence-electron chi connectivity index (χ4n) is 2.23. The van der Waals surface area contributed by atoms with Crippen LogP contribution in [0.25, 0.3) is 11.0 Å². The van der Waals surface area contributed by atoms with Gasteiger partial charge in [0.2, 0.25) is 0 Å². The molecule has 0 aliphatic carbocycles. The zero-order valence-corrected chi connectivity index (χ0v) is 13.5. The fraction of sp³-hybridized carbons (Fsp3) is 0.0588. The molecule has 2 aromatic carbocycles. The molecule has 0 saturated heterocycles. The first-order chi connectivity index (χ1) is 11.0. The molecule has 1 N–H and O–H groups in total. The Bertz CT molecular complexity index is 979. The predicted octanol–water partition coefficient (Wildman–Crippen LogP) is 4.66. The van der Waals surface area contributed by atoms with Crippen LogP contribution in [0.2, 0.25) is 10.0 Å². The maximum atomic E-state index is 12.4. The van der Waals surface area contributed by atoms with Gasteiger partial charge < -0.3 is 9.73 Å². The summed E-state index contributed by atoms with van der Waals surface area (Å²) in [6.07, 6.45) is 0. The van der Waals surface area contributed by atoms with Gasteiger partial charge in [0.15, 0.2) is 0 Å². The van der Waals surface area contributed by atoms with Crippen molar-refractivity contribution in [2.24, 2.45) is 0 Å². The van der Waals surface area contributed by atoms with E-state index in [9.17, 15) is 9.59 Å². The molecule has 23 heavy (non-hydrogen) atoms. The number of carbonyl (C=O) groups is 1. The molecule has 4 nitrogen and oxygen atoms in total. The number of carbonyl (C=O) groups excluding carboxylic acids is 1. The van der Waals surface area contributed by atoms with E-state index in [2.05, 4.69) is 5.32 Å². The highest BCUT2D eigenvalue weighted by molar-refractivity contribution is 6.35. The summed E-state index contributed by atoms with van der Waals surface area (Å²) < 4.78 is 5.26. The molecule has 0 aliphatic rings. The molecule has 0 saturated carbocycles. The summed E-state index contributed by atoms with van der Waals surface area (Å²) in [6.45, 7) is 1.83. The van der Waals surface area contributed by atoms with Crippen LogP contribution in [0.4, 0.5) is 5.69 Å². The smallest absolute Gasteiger partial charge is 0.349 e. The van der Waals surface area contributed by atoms with Crippen molar-refractivity contribution < 1.29 is 9.21 Å². The lowest BCUT2D eigenvalue weighted by molar-refractivity contribution is 0.102. The third-order valence-corrected chi connectivity index (χ3v) is 3.94. The van der Waals surface area contributed by atoms with Gasteiger partial charge in [-0.15, -0.1) is 0 Å². The lowest BCUT2D eigenvalue weighted by atomic mass is 10.1. The van der Waals surface area contributed by atoms with Crippen LogP contribution in [0.15, 0.2) is 51.7 Å². The van der Waals surface area contributed by atoms with Gasteiger partial charge in [-0.05, 0) is 36.8 Å². The third kappa shape index (κ3) is 3.09. The molecular formula is C17H11Cl2NO3. The van der Waals surface area contributed by atoms with Gasteiger partial charge in [0.1, 0.15) is 11.1 Å². The Labute approximate surface area is 141 Å². The van der Waals surface area contributed by atoms with Gasteiger partial charge in [0, 0.05) is 10.4 Å². The number of benzene rings is 2. The SMILES string of the molecule is Cc1cccc2cc(C(=O)Nc3cc(Cl)ccc3Cl)c(=O)oc12. The molecule has 1 amide bonds. The molecule has 0 bridgehead atoms. The van der Waals surface area contributed by atoms with Gasteiger partial charge in [-0.2, -0.15) is 0 Å². The molecule has 0 radical (unpaired) electrons. The van der Waals surface area contributed by atoms with Gasteiger partial charge in [0.05, 0.1) is 10.7 Å². The normalized spacial score (nSPS) is 10.7. The quantitative estimate of drug-likeness (QED) is 0.685. The molecule has 0 aliphatic heterocycles. The van der Waals surface area contributed by atoms with Crippen LogP contribution >= 0.6 is 23.2 Å². The number of para-hydroxylation sites is 1. The topological polar surface area (TPSA) is 59.3 Å². The van der Waals surface area contributed by atoms with E-state index in [1.165, 1.54) is 12.1 Å². The van der Waals surface area contributed by atoms with Crippen molar-refractivity contribution in [3.05, 3.63) is 74.1 Å². The number of fused-ring (bicyclic) bond motifs is 1. The minimum atomic E-state index is -0.706. The van der Waals surface area contributed by atoms with Crippen LogP contribution in [0.5, 0.6) is 0 Å². The monoisotopic (exact) mass is 347 g/mol. The number of hydrogen-bond donors (Lipinski definition) is 1. The maximum Gasteiger partial charge on any atom is 0.349 e. The van der Waals surface area contributed by atoms with Crippen molar-refractivity contribution in [2.45, 2.75) is 6.92 Å². The molecule has 3 rings (SSSR count). The number of anilines is 1. The van der Waals surface area contributed by atoms with Crippen LogP contribution in [-0.4, -0.2) is 5.91 Å². The van der Waals surface area contributed by atoms with E-state index in [1.54, 1.807) is 18.2 Å². The van der Waals surface area contributed by atoms with Crippen molar-refractivity contribution in [1.82, 2.24) is 0 Å². The van der Waals surface area contributed by atoms with Crippen molar-refractivity contribution in [3.8, 4) is 0 Å². The number of nitrogens with one attached hydrogen (secondary N) is 1. The van der Waals surface area contributed by atoms with Gasteiger partial charge in [-0.25, -0.2) is 4.79 Å². The second kappa shape index (κ2) is 6.07. The minimum absolute atomic E-state index is 0.0980. The minimum Gasteiger partial charge on any atom is -0.422 e. The second-order valence-corrected chi connectivity index (χ2v) is 5.86. The van der Waals surface area contributed by atoms with E-state index in [4.69, 9.17) is 27.6 Å². The third-order valence-electron chi connectivity index (χ3n) is 3.38. The molecule has 0 fully saturated rings. The number of rotatable bonds is 2. The van der Waals surface area contributed by atoms with Crippen LogP contribution in [0.3, 0.4) is 0 Å². The average Bonchev–Trinajstić information content (AvgIpc) is 2.51. The molecule has 0 spiro atoms. The molecule has 116 valence electrons. The summed E-state index contributed by atoms with van der Waals surface area (Å²) >= 11 is 11.9. The summed E-state index contributed by atoms with van der Waals surface area (Å²) in [5, 5.41) is 3.99. The standard InChI is InChI=1S/C17H11Cl2NO3/c1-9-3-2-4-10-7-12(17(22)23-15(9)10)16(21)20-14-8-11(18)5-6-13(14)19/h2-8H,1H3,(H,20,21). The lowest BCUT2D eigenvalue weighted by Gasteiger charge is -2.08. The van der Waals surface area contributed by atoms with Crippen molar-refractivity contribution >= 4 is 45.8 Å². The van der Waals surface area contributed by atoms with Crippen LogP contribution in [-0.2, 0) is 0 Å². The van der Waals surface area contributed by atoms with Crippen LogP contribution in [0.1, 0.15) is 15.9 Å². The van der Waals surface area contributed by atoms with E-state index < -0.39 is 11.5 Å². The highest BCUT2D eigenvalue weighted by atomic mass is 35.5. The number of aryl methyl sites for hydroxylation is 1. The summed E-state index contributed by atoms with van der Waals surface area (Å²) in [5.41, 5.74) is 0.814. The predicted molar refractivity (Wildman–Crippen MR) is 91.6 cm³/mol. The maximum absolute atomic E-state index is 12.4. The van der Waals surface area contributed by atoms with E-state index in [1.807, 2.05) is 19.1 Å². The highest BCUT2D eigenvalue weighted by Gasteiger charge is 2.16. The second-order valence-electron chi connectivity index (χ2n) is 5.02. The molecular weight excluding hydrogens is 337 g/mol. The zero-order valence-electron chi connectivity index (χ0n) is 12.0. The van der Waals surface area contributed by atoms with E-state index in [-0.39, 0.29) is 5.56 Å². The number of amides is 1. The van der Waals surface area contributed by atoms with Crippen molar-refractivity contribution in [2.75, 3.05) is 5.32 Å². The fourth-order valence-corrected chi connectivity index (χ4v) is 2.57. The summed E-state index contributed by atoms with van der Waals surface area (Å²) in [6, 6.07) is 11.6. The molecule has 0 unspecified atom stereocenters. The van der Waals surface area contributed by atoms with Crippen molar-refractivity contribution in [3.63, 3.8) is 0 Å². The molecule has 0 atom stereocenters. The first-order valence-corrected chi connectivity index (χ1v) is 7.51. The molecule has 1 aromatic heterocycles. The van der Waals surface area contributed by atoms with Gasteiger partial charge >= 0.3 is 5.63 Å². The molecule has 1 heterocycles. The van der Waals surface area contributed by atoms with Crippen molar-refractivity contribution in [1.29, 1.82) is 0 Å². The Morgan fingerprint density at radius 2 is 1.91 bits per heavy atom. The van der Waals surface area contributed by atoms with Crippen LogP contribution in [0, 0.1) is 6.92 Å². The summed E-state index contributed by atoms with van der Waals surface area (Å²) in [4.78, 5) is 24.4. The van der Waals surface area contributed by atoms with Gasteiger partial charge in [-0.1, -0.05) is 41.4 Å². The van der Waals surface area contributed by atoms with E-state index in [0.29, 0.717) is 26.7 Å². The van der Waals surface area contributed by atoms with E-state index in [0.717, 1.165) is 5.56 Å². The average molecular weight is 348 g/mol. The first kappa shape index (κ1) is 15.6. The zero-order chi connectivity index (χ0) is 16.6. The van der Waals surface area contributed by atoms with Gasteiger partial charge in [-0.3, -0.25) is 4.79 Å². The van der Waals surface area contributed by atoms with Gasteiger partial charge in [0.25, 0.3) is 5.91 Å². The summed E-state index contributed by atoms with van der Waals surface area (Å²) in [5.74, 6) is -0.605. The number of hydrogen-bond acceptors (Lipinski definition) is 3. The Morgan fingerprint density at radius 3 is 2.70 bits per heavy atom. The highest BCUT2D eigenvalue weighted by Crippen LogP contribution is 2.26. The lowest BCUT2D eigenvalue weighted by Crippen LogP contribution is -2.20. The number of halogens is 2. The largest absolute Gasteiger partial charge is 0.422 e. The molecule has 3 aromatic rings. The Hall–Kier alpha value is -2.30. The summed E-state index contributed by atoms with van der Waals surface area (Å²) in [7, 11) is 0.